The molecule has 2 heterocycles. The third-order valence-corrected chi connectivity index (χ3v) is 6.89. The minimum Gasteiger partial charge on any atom is -0.364 e. The lowest BCUT2D eigenvalue weighted by atomic mass is 9.92. The minimum atomic E-state index is 0. The molecule has 5 rings (SSSR count). The number of anilines is 2. The molecule has 2 aliphatic rings. The Morgan fingerprint density at radius 1 is 1.12 bits per heavy atom. The maximum absolute atomic E-state index is 6.08. The van der Waals surface area contributed by atoms with Crippen LogP contribution in [-0.2, 0) is 6.54 Å². The zero-order valence-corrected chi connectivity index (χ0v) is 20.8. The third kappa shape index (κ3) is 5.18. The van der Waals surface area contributed by atoms with Crippen molar-refractivity contribution >= 4 is 57.9 Å². The van der Waals surface area contributed by atoms with Crippen LogP contribution >= 0.6 is 35.0 Å². The summed E-state index contributed by atoms with van der Waals surface area (Å²) in [6.45, 7) is 0.691. The largest absolute Gasteiger partial charge is 0.364 e. The molecule has 1 saturated carbocycles. The van der Waals surface area contributed by atoms with E-state index >= 15 is 0 Å². The molecule has 0 spiro atoms. The molecule has 9 heteroatoms. The van der Waals surface area contributed by atoms with E-state index in [-0.39, 0.29) is 12.4 Å². The highest BCUT2D eigenvalue weighted by atomic mass is 127. The number of fused-ring (bicyclic) bond motifs is 1. The molecule has 1 fully saturated rings. The van der Waals surface area contributed by atoms with Gasteiger partial charge in [0.05, 0.1) is 12.4 Å². The number of nitrogens with one attached hydrogen (secondary N) is 2. The number of rotatable bonds is 6. The molecule has 3 aromatic rings. The van der Waals surface area contributed by atoms with E-state index in [9.17, 15) is 0 Å². The molecule has 2 aliphatic carbocycles. The summed E-state index contributed by atoms with van der Waals surface area (Å²) in [6, 6.07) is 9.48. The van der Waals surface area contributed by atoms with E-state index in [1.807, 2.05) is 6.33 Å². The van der Waals surface area contributed by atoms with Crippen LogP contribution in [0.2, 0.25) is 0 Å². The SMILES string of the molecule is Cl.N[C@H]1CC[C@H](Nc2nc(NCc3cccc(I)c3)c3ncn(C4C=CCC4)c3n2)CC1. The first-order chi connectivity index (χ1) is 15.2. The summed E-state index contributed by atoms with van der Waals surface area (Å²) in [5.41, 5.74) is 9.00. The first kappa shape index (κ1) is 23.3. The van der Waals surface area contributed by atoms with Crippen molar-refractivity contribution < 1.29 is 0 Å². The second-order valence-electron chi connectivity index (χ2n) is 8.53. The summed E-state index contributed by atoms with van der Waals surface area (Å²) in [6.07, 6.45) is 12.8. The number of halogens is 2. The van der Waals surface area contributed by atoms with Crippen molar-refractivity contribution in [2.45, 2.75) is 63.2 Å². The molecule has 1 aromatic carbocycles. The van der Waals surface area contributed by atoms with Crippen LogP contribution in [0.1, 0.15) is 50.1 Å². The third-order valence-electron chi connectivity index (χ3n) is 6.22. The minimum absolute atomic E-state index is 0. The standard InChI is InChI=1S/C23H28IN7.ClH/c24-16-5-3-4-15(12-16)13-26-21-20-22(31(14-27-20)19-6-1-2-7-19)30-23(29-21)28-18-10-8-17(25)9-11-18;/h1,3-6,12,14,17-19H,2,7-11,13,25H2,(H2,26,28,29,30);1H/t17-,18-,19?;. The fraction of sp³-hybridized carbons (Fsp3) is 0.435. The lowest BCUT2D eigenvalue weighted by Gasteiger charge is -2.27. The van der Waals surface area contributed by atoms with Crippen LogP contribution in [0.25, 0.3) is 11.2 Å². The van der Waals surface area contributed by atoms with Crippen LogP contribution in [0.15, 0.2) is 42.7 Å². The molecule has 32 heavy (non-hydrogen) atoms. The maximum Gasteiger partial charge on any atom is 0.227 e. The summed E-state index contributed by atoms with van der Waals surface area (Å²) < 4.78 is 3.40. The lowest BCUT2D eigenvalue weighted by molar-refractivity contribution is 0.410. The van der Waals surface area contributed by atoms with Crippen molar-refractivity contribution in [3.63, 3.8) is 0 Å². The van der Waals surface area contributed by atoms with Gasteiger partial charge in [0.2, 0.25) is 5.95 Å². The molecule has 2 aromatic heterocycles. The zero-order chi connectivity index (χ0) is 21.2. The van der Waals surface area contributed by atoms with E-state index in [0.29, 0.717) is 30.6 Å². The number of allylic oxidation sites excluding steroid dienone is 2. The van der Waals surface area contributed by atoms with Crippen LogP contribution in [0.4, 0.5) is 11.8 Å². The van der Waals surface area contributed by atoms with E-state index in [1.165, 1.54) is 9.13 Å². The second kappa shape index (κ2) is 10.4. The summed E-state index contributed by atoms with van der Waals surface area (Å²) in [4.78, 5) is 14.4. The monoisotopic (exact) mass is 565 g/mol. The number of hydrogen-bond acceptors (Lipinski definition) is 6. The summed E-state index contributed by atoms with van der Waals surface area (Å²) in [5, 5.41) is 7.08. The maximum atomic E-state index is 6.08. The van der Waals surface area contributed by atoms with Crippen molar-refractivity contribution in [3.05, 3.63) is 51.9 Å². The van der Waals surface area contributed by atoms with Gasteiger partial charge in [-0.3, -0.25) is 0 Å². The average Bonchev–Trinajstić information content (AvgIpc) is 3.43. The van der Waals surface area contributed by atoms with E-state index < -0.39 is 0 Å². The van der Waals surface area contributed by atoms with E-state index in [0.717, 1.165) is 55.5 Å². The first-order valence-electron chi connectivity index (χ1n) is 11.1. The van der Waals surface area contributed by atoms with Gasteiger partial charge < -0.3 is 20.9 Å². The highest BCUT2D eigenvalue weighted by Crippen LogP contribution is 2.30. The molecule has 1 atom stereocenters. The van der Waals surface area contributed by atoms with E-state index in [4.69, 9.17) is 15.7 Å². The normalized spacial score (nSPS) is 22.6. The number of nitrogens with two attached hydrogens (primary N) is 1. The van der Waals surface area contributed by atoms with Crippen molar-refractivity contribution in [1.29, 1.82) is 0 Å². The smallest absolute Gasteiger partial charge is 0.227 e. The van der Waals surface area contributed by atoms with Gasteiger partial charge in [-0.2, -0.15) is 9.97 Å². The summed E-state index contributed by atoms with van der Waals surface area (Å²) >= 11 is 2.34. The predicted octanol–water partition coefficient (Wildman–Crippen LogP) is 5.04. The van der Waals surface area contributed by atoms with Crippen LogP contribution in [-0.4, -0.2) is 31.6 Å². The Morgan fingerprint density at radius 2 is 1.97 bits per heavy atom. The lowest BCUT2D eigenvalue weighted by Crippen LogP contribution is -2.33. The summed E-state index contributed by atoms with van der Waals surface area (Å²) in [5.74, 6) is 1.45. The van der Waals surface area contributed by atoms with Crippen molar-refractivity contribution in [3.8, 4) is 0 Å². The fourth-order valence-corrected chi connectivity index (χ4v) is 5.08. The van der Waals surface area contributed by atoms with Crippen molar-refractivity contribution in [2.24, 2.45) is 5.73 Å². The van der Waals surface area contributed by atoms with Crippen LogP contribution in [0.5, 0.6) is 0 Å². The highest BCUT2D eigenvalue weighted by molar-refractivity contribution is 14.1. The van der Waals surface area contributed by atoms with Gasteiger partial charge in [-0.1, -0.05) is 24.3 Å². The number of benzene rings is 1. The van der Waals surface area contributed by atoms with E-state index in [1.54, 1.807) is 0 Å². The molecule has 1 unspecified atom stereocenters. The summed E-state index contributed by atoms with van der Waals surface area (Å²) in [7, 11) is 0. The van der Waals surface area contributed by atoms with Crippen molar-refractivity contribution in [1.82, 2.24) is 19.5 Å². The van der Waals surface area contributed by atoms with Gasteiger partial charge in [0.1, 0.15) is 0 Å². The van der Waals surface area contributed by atoms with Crippen LogP contribution in [0.3, 0.4) is 0 Å². The van der Waals surface area contributed by atoms with Gasteiger partial charge >= 0.3 is 0 Å². The van der Waals surface area contributed by atoms with Gasteiger partial charge in [-0.25, -0.2) is 4.98 Å². The molecule has 170 valence electrons. The van der Waals surface area contributed by atoms with Gasteiger partial charge in [0, 0.05) is 22.2 Å². The fourth-order valence-electron chi connectivity index (χ4n) is 4.47. The van der Waals surface area contributed by atoms with Crippen molar-refractivity contribution in [2.75, 3.05) is 10.6 Å². The molecular formula is C23H29ClIN7. The van der Waals surface area contributed by atoms with Gasteiger partial charge in [0.15, 0.2) is 17.0 Å². The molecule has 0 radical (unpaired) electrons. The molecular weight excluding hydrogens is 537 g/mol. The topological polar surface area (TPSA) is 93.7 Å². The molecule has 4 N–H and O–H groups in total. The highest BCUT2D eigenvalue weighted by Gasteiger charge is 2.22. The molecule has 0 amide bonds. The van der Waals surface area contributed by atoms with Gasteiger partial charge in [0.25, 0.3) is 0 Å². The number of imidazole rings is 1. The first-order valence-corrected chi connectivity index (χ1v) is 12.2. The van der Waals surface area contributed by atoms with Crippen LogP contribution in [0, 0.1) is 3.57 Å². The van der Waals surface area contributed by atoms with Gasteiger partial charge in [-0.05, 0) is 78.8 Å². The predicted molar refractivity (Wildman–Crippen MR) is 140 cm³/mol. The Kier molecular flexibility index (Phi) is 7.52. The average molecular weight is 566 g/mol. The second-order valence-corrected chi connectivity index (χ2v) is 9.78. The Hall–Kier alpha value is -1.91. The molecule has 0 saturated heterocycles. The Morgan fingerprint density at radius 3 is 2.72 bits per heavy atom. The molecule has 7 nitrogen and oxygen atoms in total. The molecule has 0 aliphatic heterocycles. The number of aromatic nitrogens is 4. The Labute approximate surface area is 208 Å². The molecule has 0 bridgehead atoms. The Bertz CT molecular complexity index is 1090. The van der Waals surface area contributed by atoms with E-state index in [2.05, 4.69) is 79.2 Å². The number of hydrogen-bond donors (Lipinski definition) is 3. The van der Waals surface area contributed by atoms with Gasteiger partial charge in [-0.15, -0.1) is 12.4 Å². The quantitative estimate of drug-likeness (QED) is 0.287. The van der Waals surface area contributed by atoms with Crippen LogP contribution < -0.4 is 16.4 Å². The Balaban J connectivity index is 0.00000245. The zero-order valence-electron chi connectivity index (χ0n) is 17.9. The number of nitrogens with zero attached hydrogens (tertiary/aromatic N) is 4.